The van der Waals surface area contributed by atoms with E-state index in [9.17, 15) is 4.79 Å². The molecule has 2 rings (SSSR count). The Morgan fingerprint density at radius 1 is 1.33 bits per heavy atom. The molecule has 0 saturated heterocycles. The summed E-state index contributed by atoms with van der Waals surface area (Å²) in [7, 11) is 1.77. The van der Waals surface area contributed by atoms with E-state index in [1.807, 2.05) is 0 Å². The third kappa shape index (κ3) is 3.66. The summed E-state index contributed by atoms with van der Waals surface area (Å²) in [5.41, 5.74) is 0. The fraction of sp³-hybridized carbons (Fsp3) is 0.750. The van der Waals surface area contributed by atoms with Crippen molar-refractivity contribution in [3.8, 4) is 0 Å². The van der Waals surface area contributed by atoms with E-state index in [-0.39, 0.29) is 5.91 Å². The van der Waals surface area contributed by atoms with E-state index in [0.29, 0.717) is 10.1 Å². The molecule has 100 valence electrons. The summed E-state index contributed by atoms with van der Waals surface area (Å²) in [5, 5.41) is 14.6. The third-order valence-corrected chi connectivity index (χ3v) is 4.34. The van der Waals surface area contributed by atoms with Gasteiger partial charge in [-0.3, -0.25) is 4.79 Å². The van der Waals surface area contributed by atoms with Gasteiger partial charge in [-0.05, 0) is 12.3 Å². The van der Waals surface area contributed by atoms with Crippen LogP contribution in [0, 0.1) is 5.92 Å². The summed E-state index contributed by atoms with van der Waals surface area (Å²) >= 11 is 1.28. The van der Waals surface area contributed by atoms with Gasteiger partial charge in [-0.1, -0.05) is 43.4 Å². The van der Waals surface area contributed by atoms with E-state index in [4.69, 9.17) is 0 Å². The number of rotatable bonds is 5. The molecule has 0 bridgehead atoms. The fourth-order valence-electron chi connectivity index (χ4n) is 2.36. The van der Waals surface area contributed by atoms with Crippen LogP contribution >= 0.6 is 11.3 Å². The number of anilines is 1. The first-order valence-electron chi connectivity index (χ1n) is 6.59. The largest absolute Gasteiger partial charge is 0.363 e. The van der Waals surface area contributed by atoms with Crippen LogP contribution in [0.4, 0.5) is 5.13 Å². The van der Waals surface area contributed by atoms with Gasteiger partial charge in [-0.15, -0.1) is 10.2 Å². The maximum absolute atomic E-state index is 11.8. The zero-order valence-corrected chi connectivity index (χ0v) is 11.6. The average Bonchev–Trinajstić information content (AvgIpc) is 2.89. The fourth-order valence-corrected chi connectivity index (χ4v) is 2.97. The van der Waals surface area contributed by atoms with Crippen LogP contribution in [0.1, 0.15) is 48.3 Å². The second-order valence-corrected chi connectivity index (χ2v) is 5.69. The zero-order valence-electron chi connectivity index (χ0n) is 10.7. The Bertz CT molecular complexity index is 387. The molecular weight excluding hydrogens is 248 g/mol. The van der Waals surface area contributed by atoms with Crippen LogP contribution in [0.15, 0.2) is 0 Å². The number of hydrogen-bond acceptors (Lipinski definition) is 5. The minimum Gasteiger partial charge on any atom is -0.363 e. The summed E-state index contributed by atoms with van der Waals surface area (Å²) in [5.74, 6) is 0.686. The summed E-state index contributed by atoms with van der Waals surface area (Å²) in [6.45, 7) is 0.748. The molecule has 6 heteroatoms. The predicted molar refractivity (Wildman–Crippen MR) is 73.0 cm³/mol. The molecule has 1 aromatic rings. The quantitative estimate of drug-likeness (QED) is 0.859. The molecule has 0 aliphatic heterocycles. The van der Waals surface area contributed by atoms with Crippen molar-refractivity contribution in [3.05, 3.63) is 5.01 Å². The average molecular weight is 268 g/mol. The number of nitrogens with zero attached hydrogens (tertiary/aromatic N) is 2. The lowest BCUT2D eigenvalue weighted by atomic mass is 9.87. The van der Waals surface area contributed by atoms with Crippen molar-refractivity contribution in [2.45, 2.75) is 38.5 Å². The molecule has 1 aliphatic rings. The SMILES string of the molecule is CNc1nnc(C(=O)NCCC2CCCCC2)s1. The molecule has 1 fully saturated rings. The Kier molecular flexibility index (Phi) is 4.92. The van der Waals surface area contributed by atoms with E-state index in [1.165, 1.54) is 43.4 Å². The first kappa shape index (κ1) is 13.3. The van der Waals surface area contributed by atoms with Crippen molar-refractivity contribution in [2.24, 2.45) is 5.92 Å². The van der Waals surface area contributed by atoms with Gasteiger partial charge in [0.15, 0.2) is 0 Å². The Labute approximate surface area is 111 Å². The highest BCUT2D eigenvalue weighted by Crippen LogP contribution is 2.25. The molecule has 0 aromatic carbocycles. The summed E-state index contributed by atoms with van der Waals surface area (Å²) in [6.07, 6.45) is 7.79. The highest BCUT2D eigenvalue weighted by Gasteiger charge is 2.15. The Hall–Kier alpha value is -1.17. The molecule has 1 aliphatic carbocycles. The van der Waals surface area contributed by atoms with Gasteiger partial charge in [-0.2, -0.15) is 0 Å². The van der Waals surface area contributed by atoms with Gasteiger partial charge in [-0.25, -0.2) is 0 Å². The molecule has 0 atom stereocenters. The third-order valence-electron chi connectivity index (χ3n) is 3.40. The van der Waals surface area contributed by atoms with Crippen molar-refractivity contribution in [1.29, 1.82) is 0 Å². The van der Waals surface area contributed by atoms with Crippen LogP contribution in [-0.2, 0) is 0 Å². The minimum atomic E-state index is -0.107. The van der Waals surface area contributed by atoms with Gasteiger partial charge in [0.1, 0.15) is 0 Å². The van der Waals surface area contributed by atoms with Crippen LogP contribution in [0.25, 0.3) is 0 Å². The van der Waals surface area contributed by atoms with Crippen LogP contribution in [-0.4, -0.2) is 29.7 Å². The molecule has 0 spiro atoms. The Balaban J connectivity index is 1.70. The van der Waals surface area contributed by atoms with Crippen LogP contribution < -0.4 is 10.6 Å². The predicted octanol–water partition coefficient (Wildman–Crippen LogP) is 2.28. The first-order valence-corrected chi connectivity index (χ1v) is 7.40. The van der Waals surface area contributed by atoms with Crippen molar-refractivity contribution in [1.82, 2.24) is 15.5 Å². The lowest BCUT2D eigenvalue weighted by Crippen LogP contribution is -2.26. The van der Waals surface area contributed by atoms with Crippen molar-refractivity contribution < 1.29 is 4.79 Å². The second kappa shape index (κ2) is 6.68. The van der Waals surface area contributed by atoms with Crippen molar-refractivity contribution in [3.63, 3.8) is 0 Å². The van der Waals surface area contributed by atoms with Crippen molar-refractivity contribution in [2.75, 3.05) is 18.9 Å². The number of carbonyl (C=O) groups excluding carboxylic acids is 1. The Morgan fingerprint density at radius 2 is 2.11 bits per heavy atom. The zero-order chi connectivity index (χ0) is 12.8. The van der Waals surface area contributed by atoms with E-state index >= 15 is 0 Å². The molecule has 18 heavy (non-hydrogen) atoms. The van der Waals surface area contributed by atoms with Gasteiger partial charge < -0.3 is 10.6 Å². The maximum atomic E-state index is 11.8. The van der Waals surface area contributed by atoms with E-state index in [0.717, 1.165) is 18.9 Å². The normalized spacial score (nSPS) is 16.5. The lowest BCUT2D eigenvalue weighted by Gasteiger charge is -2.21. The van der Waals surface area contributed by atoms with Gasteiger partial charge in [0, 0.05) is 13.6 Å². The number of amides is 1. The molecule has 1 heterocycles. The van der Waals surface area contributed by atoms with Gasteiger partial charge >= 0.3 is 0 Å². The molecule has 0 unspecified atom stereocenters. The summed E-state index contributed by atoms with van der Waals surface area (Å²) < 4.78 is 0. The molecule has 5 nitrogen and oxygen atoms in total. The van der Waals surface area contributed by atoms with Crippen LogP contribution in [0.3, 0.4) is 0 Å². The number of hydrogen-bond donors (Lipinski definition) is 2. The summed E-state index contributed by atoms with van der Waals surface area (Å²) in [4.78, 5) is 11.8. The Morgan fingerprint density at radius 3 is 2.78 bits per heavy atom. The molecule has 0 radical (unpaired) electrons. The topological polar surface area (TPSA) is 66.9 Å². The van der Waals surface area contributed by atoms with E-state index in [1.54, 1.807) is 7.05 Å². The minimum absolute atomic E-state index is 0.107. The molecule has 2 N–H and O–H groups in total. The van der Waals surface area contributed by atoms with Gasteiger partial charge in [0.05, 0.1) is 0 Å². The smallest absolute Gasteiger partial charge is 0.282 e. The van der Waals surface area contributed by atoms with Crippen molar-refractivity contribution >= 4 is 22.4 Å². The lowest BCUT2D eigenvalue weighted by molar-refractivity contribution is 0.0949. The maximum Gasteiger partial charge on any atom is 0.282 e. The first-order chi connectivity index (χ1) is 8.79. The molecular formula is C12H20N4OS. The number of aromatic nitrogens is 2. The van der Waals surface area contributed by atoms with E-state index < -0.39 is 0 Å². The monoisotopic (exact) mass is 268 g/mol. The molecule has 1 saturated carbocycles. The summed E-state index contributed by atoms with van der Waals surface area (Å²) in [6, 6.07) is 0. The number of nitrogens with one attached hydrogen (secondary N) is 2. The highest BCUT2D eigenvalue weighted by atomic mass is 32.1. The van der Waals surface area contributed by atoms with Crippen LogP contribution in [0.2, 0.25) is 0 Å². The van der Waals surface area contributed by atoms with Gasteiger partial charge in [0.25, 0.3) is 5.91 Å². The highest BCUT2D eigenvalue weighted by molar-refractivity contribution is 7.17. The van der Waals surface area contributed by atoms with E-state index in [2.05, 4.69) is 20.8 Å². The number of carbonyl (C=O) groups is 1. The molecule has 1 aromatic heterocycles. The van der Waals surface area contributed by atoms with Gasteiger partial charge in [0.2, 0.25) is 10.1 Å². The second-order valence-electron chi connectivity index (χ2n) is 4.71. The molecule has 1 amide bonds. The van der Waals surface area contributed by atoms with Crippen LogP contribution in [0.5, 0.6) is 0 Å². The standard InChI is InChI=1S/C12H20N4OS/c1-13-12-16-15-11(18-12)10(17)14-8-7-9-5-3-2-4-6-9/h9H,2-8H2,1H3,(H,13,16)(H,14,17).